The summed E-state index contributed by atoms with van der Waals surface area (Å²) in [6, 6.07) is 41.6. The van der Waals surface area contributed by atoms with E-state index in [9.17, 15) is 0 Å². The van der Waals surface area contributed by atoms with Gasteiger partial charge in [-0.1, -0.05) is 109 Å². The standard InChI is InChI=1S/C39H32BNO2S/c1-38(2)39(3,4)43-40(42-38)32-19-16-28(17-20-32)27-10-8-25(9-11-27)26-12-14-29(15-13-26)31-18-21-35-34(24-31)33-7-5-6-30-22-23-41-37(44-35)36(30)33/h5-24H,1-4H3. The quantitative estimate of drug-likeness (QED) is 0.191. The van der Waals surface area contributed by atoms with Crippen LogP contribution in [0.5, 0.6) is 0 Å². The number of rotatable bonds is 4. The normalized spacial score (nSPS) is 16.2. The summed E-state index contributed by atoms with van der Waals surface area (Å²) in [7, 11) is -0.344. The molecule has 0 spiro atoms. The lowest BCUT2D eigenvalue weighted by Crippen LogP contribution is -2.41. The number of benzene rings is 5. The first-order chi connectivity index (χ1) is 21.3. The molecule has 5 heteroatoms. The maximum atomic E-state index is 6.22. The smallest absolute Gasteiger partial charge is 0.399 e. The number of hydrogen-bond acceptors (Lipinski definition) is 4. The fourth-order valence-electron chi connectivity index (χ4n) is 6.13. The van der Waals surface area contributed by atoms with E-state index in [1.165, 1.54) is 60.2 Å². The van der Waals surface area contributed by atoms with Crippen LogP contribution in [-0.2, 0) is 9.31 Å². The maximum absolute atomic E-state index is 6.22. The molecular weight excluding hydrogens is 557 g/mol. The Bertz CT molecular complexity index is 2010. The lowest BCUT2D eigenvalue weighted by molar-refractivity contribution is 0.00578. The highest BCUT2D eigenvalue weighted by molar-refractivity contribution is 7.99. The maximum Gasteiger partial charge on any atom is 0.494 e. The summed E-state index contributed by atoms with van der Waals surface area (Å²) in [6.07, 6.45) is 1.91. The van der Waals surface area contributed by atoms with Crippen molar-refractivity contribution >= 4 is 35.1 Å². The van der Waals surface area contributed by atoms with E-state index in [-0.39, 0.29) is 18.3 Å². The molecule has 44 heavy (non-hydrogen) atoms. The van der Waals surface area contributed by atoms with Gasteiger partial charge in [-0.15, -0.1) is 0 Å². The van der Waals surface area contributed by atoms with Gasteiger partial charge in [-0.25, -0.2) is 4.98 Å². The minimum absolute atomic E-state index is 0.343. The van der Waals surface area contributed by atoms with Crippen molar-refractivity contribution in [2.75, 3.05) is 0 Å². The van der Waals surface area contributed by atoms with Crippen LogP contribution in [-0.4, -0.2) is 23.3 Å². The summed E-state index contributed by atoms with van der Waals surface area (Å²) in [5.41, 5.74) is 10.1. The van der Waals surface area contributed by atoms with Crippen molar-refractivity contribution in [3.05, 3.63) is 121 Å². The summed E-state index contributed by atoms with van der Waals surface area (Å²) in [5.74, 6) is 0. The van der Waals surface area contributed by atoms with Gasteiger partial charge >= 0.3 is 7.12 Å². The molecule has 2 aliphatic rings. The van der Waals surface area contributed by atoms with Gasteiger partial charge in [0.15, 0.2) is 0 Å². The van der Waals surface area contributed by atoms with Gasteiger partial charge in [-0.3, -0.25) is 0 Å². The highest BCUT2D eigenvalue weighted by Crippen LogP contribution is 2.48. The van der Waals surface area contributed by atoms with Crippen LogP contribution < -0.4 is 5.46 Å². The van der Waals surface area contributed by atoms with Gasteiger partial charge in [0, 0.05) is 16.5 Å². The minimum Gasteiger partial charge on any atom is -0.399 e. The van der Waals surface area contributed by atoms with Crippen LogP contribution in [0.4, 0.5) is 0 Å². The van der Waals surface area contributed by atoms with Gasteiger partial charge in [-0.05, 0) is 101 Å². The van der Waals surface area contributed by atoms with Crippen molar-refractivity contribution in [3.8, 4) is 44.5 Å². The fraction of sp³-hybridized carbons (Fsp3) is 0.154. The van der Waals surface area contributed by atoms with Crippen LogP contribution in [0.25, 0.3) is 55.3 Å². The molecule has 3 nitrogen and oxygen atoms in total. The second-order valence-electron chi connectivity index (χ2n) is 12.7. The van der Waals surface area contributed by atoms with Gasteiger partial charge in [0.05, 0.1) is 11.2 Å². The van der Waals surface area contributed by atoms with Crippen molar-refractivity contribution in [1.29, 1.82) is 0 Å². The van der Waals surface area contributed by atoms with Crippen LogP contribution in [0, 0.1) is 0 Å². The van der Waals surface area contributed by atoms with E-state index in [1.54, 1.807) is 11.8 Å². The first-order valence-electron chi connectivity index (χ1n) is 15.1. The predicted octanol–water partition coefficient (Wildman–Crippen LogP) is 9.67. The fourth-order valence-corrected chi connectivity index (χ4v) is 7.20. The van der Waals surface area contributed by atoms with E-state index in [2.05, 4.69) is 148 Å². The summed E-state index contributed by atoms with van der Waals surface area (Å²) in [4.78, 5) is 5.91. The Morgan fingerprint density at radius 1 is 0.568 bits per heavy atom. The molecule has 0 bridgehead atoms. The minimum atomic E-state index is -0.344. The van der Waals surface area contributed by atoms with Gasteiger partial charge in [0.2, 0.25) is 0 Å². The Kier molecular flexibility index (Phi) is 6.35. The van der Waals surface area contributed by atoms with E-state index in [0.29, 0.717) is 0 Å². The van der Waals surface area contributed by atoms with Gasteiger partial charge in [-0.2, -0.15) is 0 Å². The Morgan fingerprint density at radius 3 is 1.68 bits per heavy atom. The van der Waals surface area contributed by atoms with Crippen LogP contribution in [0.1, 0.15) is 27.7 Å². The van der Waals surface area contributed by atoms with E-state index in [0.717, 1.165) is 10.5 Å². The van der Waals surface area contributed by atoms with Crippen molar-refractivity contribution < 1.29 is 9.31 Å². The Hall–Kier alpha value is -4.16. The van der Waals surface area contributed by atoms with Crippen LogP contribution in [0.15, 0.2) is 131 Å². The van der Waals surface area contributed by atoms with Crippen molar-refractivity contribution in [3.63, 3.8) is 0 Å². The van der Waals surface area contributed by atoms with Crippen LogP contribution in [0.2, 0.25) is 0 Å². The van der Waals surface area contributed by atoms with Crippen molar-refractivity contribution in [2.45, 2.75) is 48.8 Å². The third kappa shape index (κ3) is 4.59. The zero-order chi connectivity index (χ0) is 30.1. The zero-order valence-electron chi connectivity index (χ0n) is 25.3. The van der Waals surface area contributed by atoms with Crippen LogP contribution >= 0.6 is 11.8 Å². The van der Waals surface area contributed by atoms with Gasteiger partial charge in [0.25, 0.3) is 0 Å². The van der Waals surface area contributed by atoms with Gasteiger partial charge in [0.1, 0.15) is 5.03 Å². The summed E-state index contributed by atoms with van der Waals surface area (Å²) in [6.45, 7) is 8.34. The van der Waals surface area contributed by atoms with E-state index in [1.807, 2.05) is 6.20 Å². The molecule has 1 fully saturated rings. The third-order valence-corrected chi connectivity index (χ3v) is 10.5. The van der Waals surface area contributed by atoms with Crippen molar-refractivity contribution in [1.82, 2.24) is 4.98 Å². The van der Waals surface area contributed by atoms with Crippen molar-refractivity contribution in [2.24, 2.45) is 0 Å². The Morgan fingerprint density at radius 2 is 1.09 bits per heavy atom. The average Bonchev–Trinajstić information content (AvgIpc) is 3.27. The molecule has 0 N–H and O–H groups in total. The molecule has 214 valence electrons. The molecule has 0 radical (unpaired) electrons. The molecule has 6 aromatic rings. The number of nitrogens with zero attached hydrogens (tertiary/aromatic N) is 1. The van der Waals surface area contributed by atoms with Crippen LogP contribution in [0.3, 0.4) is 0 Å². The number of pyridine rings is 1. The molecule has 0 amide bonds. The second-order valence-corrected chi connectivity index (χ2v) is 13.7. The zero-order valence-corrected chi connectivity index (χ0v) is 26.1. The van der Waals surface area contributed by atoms with Gasteiger partial charge < -0.3 is 9.31 Å². The Labute approximate surface area is 263 Å². The highest BCUT2D eigenvalue weighted by Gasteiger charge is 2.51. The topological polar surface area (TPSA) is 31.4 Å². The molecule has 1 aromatic heterocycles. The average molecular weight is 590 g/mol. The highest BCUT2D eigenvalue weighted by atomic mass is 32.2. The lowest BCUT2D eigenvalue weighted by atomic mass is 9.78. The summed E-state index contributed by atoms with van der Waals surface area (Å²) in [5, 5.41) is 3.58. The molecule has 3 heterocycles. The summed E-state index contributed by atoms with van der Waals surface area (Å²) < 4.78 is 12.4. The van der Waals surface area contributed by atoms with E-state index < -0.39 is 0 Å². The first-order valence-corrected chi connectivity index (χ1v) is 15.9. The monoisotopic (exact) mass is 589 g/mol. The molecule has 0 aliphatic carbocycles. The Balaban J connectivity index is 1.01. The van der Waals surface area contributed by atoms with E-state index >= 15 is 0 Å². The molecule has 0 saturated carbocycles. The lowest BCUT2D eigenvalue weighted by Gasteiger charge is -2.32. The third-order valence-electron chi connectivity index (χ3n) is 9.44. The molecular formula is C39H32BNO2S. The SMILES string of the molecule is CC1(C)OB(c2ccc(-c3ccc(-c4ccc(-c5ccc6c(c5)-c5cccc7ccnc(c57)S6)cc4)cc3)cc2)OC1(C)C. The number of aromatic nitrogens is 1. The number of hydrogen-bond donors (Lipinski definition) is 0. The molecule has 8 rings (SSSR count). The molecule has 1 saturated heterocycles. The molecule has 5 aromatic carbocycles. The molecule has 0 atom stereocenters. The largest absolute Gasteiger partial charge is 0.494 e. The second kappa shape index (κ2) is 10.2. The predicted molar refractivity (Wildman–Crippen MR) is 183 cm³/mol. The van der Waals surface area contributed by atoms with E-state index in [4.69, 9.17) is 9.31 Å². The molecule has 0 unspecified atom stereocenters. The molecule has 2 aliphatic heterocycles. The number of fused-ring (bicyclic) bond motifs is 2. The summed E-state index contributed by atoms with van der Waals surface area (Å²) >= 11 is 1.76. The first kappa shape index (κ1) is 27.4.